The molecule has 1 amide bonds. The molecule has 0 bridgehead atoms. The molecule has 1 saturated carbocycles. The van der Waals surface area contributed by atoms with E-state index in [0.717, 1.165) is 29.3 Å². The molecule has 0 spiro atoms. The van der Waals surface area contributed by atoms with Crippen molar-refractivity contribution in [3.8, 4) is 11.4 Å². The summed E-state index contributed by atoms with van der Waals surface area (Å²) in [7, 11) is 0. The molecule has 21 heavy (non-hydrogen) atoms. The zero-order chi connectivity index (χ0) is 14.8. The highest BCUT2D eigenvalue weighted by molar-refractivity contribution is 9.10. The van der Waals surface area contributed by atoms with Gasteiger partial charge in [-0.15, -0.1) is 0 Å². The van der Waals surface area contributed by atoms with Crippen molar-refractivity contribution in [2.75, 3.05) is 0 Å². The second-order valence-corrected chi connectivity index (χ2v) is 6.24. The Morgan fingerprint density at radius 3 is 2.71 bits per heavy atom. The van der Waals surface area contributed by atoms with Gasteiger partial charge in [-0.25, -0.2) is 0 Å². The molecule has 5 nitrogen and oxygen atoms in total. The van der Waals surface area contributed by atoms with Crippen LogP contribution in [0.5, 0.6) is 0 Å². The van der Waals surface area contributed by atoms with Crippen molar-refractivity contribution in [3.63, 3.8) is 0 Å². The number of halogens is 1. The Kier molecular flexibility index (Phi) is 4.05. The average Bonchev–Trinajstić information content (AvgIpc) is 2.87. The topological polar surface area (TPSA) is 68.0 Å². The van der Waals surface area contributed by atoms with Crippen LogP contribution >= 0.6 is 15.9 Å². The Hall–Kier alpha value is -1.69. The SMILES string of the molecule is C[C@@H](NC(=O)C1CCC1)c1nc(-c2ccc(Br)cc2)no1. The molecule has 110 valence electrons. The lowest BCUT2D eigenvalue weighted by Gasteiger charge is -2.25. The maximum Gasteiger partial charge on any atom is 0.249 e. The zero-order valence-corrected chi connectivity index (χ0v) is 13.3. The van der Waals surface area contributed by atoms with E-state index in [2.05, 4.69) is 31.4 Å². The fraction of sp³-hybridized carbons (Fsp3) is 0.400. The number of hydrogen-bond acceptors (Lipinski definition) is 4. The van der Waals surface area contributed by atoms with Gasteiger partial charge in [-0.2, -0.15) is 4.98 Å². The number of carbonyl (C=O) groups is 1. The molecule has 0 unspecified atom stereocenters. The van der Waals surface area contributed by atoms with Gasteiger partial charge in [0.25, 0.3) is 0 Å². The number of aromatic nitrogens is 2. The van der Waals surface area contributed by atoms with E-state index in [4.69, 9.17) is 4.52 Å². The third kappa shape index (κ3) is 3.15. The van der Waals surface area contributed by atoms with E-state index in [1.54, 1.807) is 0 Å². The summed E-state index contributed by atoms with van der Waals surface area (Å²) in [5, 5.41) is 6.90. The molecule has 1 atom stereocenters. The first kappa shape index (κ1) is 14.3. The van der Waals surface area contributed by atoms with Crippen LogP contribution in [0.15, 0.2) is 33.3 Å². The van der Waals surface area contributed by atoms with Crippen molar-refractivity contribution in [2.45, 2.75) is 32.2 Å². The Morgan fingerprint density at radius 1 is 1.38 bits per heavy atom. The number of hydrogen-bond donors (Lipinski definition) is 1. The van der Waals surface area contributed by atoms with Gasteiger partial charge in [-0.1, -0.05) is 27.5 Å². The number of benzene rings is 1. The van der Waals surface area contributed by atoms with E-state index in [9.17, 15) is 4.79 Å². The van der Waals surface area contributed by atoms with Crippen LogP contribution in [0.4, 0.5) is 0 Å². The lowest BCUT2D eigenvalue weighted by Crippen LogP contribution is -2.36. The smallest absolute Gasteiger partial charge is 0.249 e. The Labute approximate surface area is 131 Å². The zero-order valence-electron chi connectivity index (χ0n) is 11.7. The molecule has 1 aromatic heterocycles. The number of carbonyl (C=O) groups excluding carboxylic acids is 1. The number of rotatable bonds is 4. The summed E-state index contributed by atoms with van der Waals surface area (Å²) < 4.78 is 6.25. The Bertz CT molecular complexity index is 635. The van der Waals surface area contributed by atoms with E-state index in [1.165, 1.54) is 0 Å². The van der Waals surface area contributed by atoms with Crippen LogP contribution in [0.3, 0.4) is 0 Å². The van der Waals surface area contributed by atoms with E-state index in [0.29, 0.717) is 11.7 Å². The molecule has 6 heteroatoms. The molecule has 3 rings (SSSR count). The van der Waals surface area contributed by atoms with Gasteiger partial charge < -0.3 is 9.84 Å². The molecule has 1 aliphatic rings. The van der Waals surface area contributed by atoms with Gasteiger partial charge >= 0.3 is 0 Å². The summed E-state index contributed by atoms with van der Waals surface area (Å²) in [5.74, 6) is 1.20. The fourth-order valence-electron chi connectivity index (χ4n) is 2.19. The lowest BCUT2D eigenvalue weighted by atomic mass is 9.84. The second kappa shape index (κ2) is 5.97. The van der Waals surface area contributed by atoms with E-state index in [-0.39, 0.29) is 17.9 Å². The van der Waals surface area contributed by atoms with Crippen LogP contribution < -0.4 is 5.32 Å². The van der Waals surface area contributed by atoms with Crippen molar-refractivity contribution >= 4 is 21.8 Å². The van der Waals surface area contributed by atoms with Gasteiger partial charge in [0.2, 0.25) is 17.6 Å². The van der Waals surface area contributed by atoms with Crippen LogP contribution in [0.2, 0.25) is 0 Å². The predicted octanol–water partition coefficient (Wildman–Crippen LogP) is 3.48. The van der Waals surface area contributed by atoms with E-state index >= 15 is 0 Å². The minimum absolute atomic E-state index is 0.0807. The maximum absolute atomic E-state index is 11.9. The first-order valence-corrected chi connectivity index (χ1v) is 7.82. The summed E-state index contributed by atoms with van der Waals surface area (Å²) in [5.41, 5.74) is 0.880. The highest BCUT2D eigenvalue weighted by Crippen LogP contribution is 2.27. The first-order chi connectivity index (χ1) is 10.1. The summed E-state index contributed by atoms with van der Waals surface area (Å²) in [6.45, 7) is 1.86. The Morgan fingerprint density at radius 2 is 2.10 bits per heavy atom. The van der Waals surface area contributed by atoms with Crippen LogP contribution in [0, 0.1) is 5.92 Å². The largest absolute Gasteiger partial charge is 0.344 e. The highest BCUT2D eigenvalue weighted by Gasteiger charge is 2.27. The summed E-state index contributed by atoms with van der Waals surface area (Å²) >= 11 is 3.39. The summed E-state index contributed by atoms with van der Waals surface area (Å²) in [4.78, 5) is 16.3. The minimum atomic E-state index is -0.269. The molecule has 1 fully saturated rings. The van der Waals surface area contributed by atoms with Gasteiger partial charge in [-0.05, 0) is 44.0 Å². The van der Waals surface area contributed by atoms with Gasteiger partial charge in [0.1, 0.15) is 6.04 Å². The van der Waals surface area contributed by atoms with Crippen LogP contribution in [-0.4, -0.2) is 16.0 Å². The van der Waals surface area contributed by atoms with Crippen LogP contribution in [0.25, 0.3) is 11.4 Å². The molecule has 1 N–H and O–H groups in total. The minimum Gasteiger partial charge on any atom is -0.344 e. The monoisotopic (exact) mass is 349 g/mol. The standard InChI is InChI=1S/C15H16BrN3O2/c1-9(17-14(20)11-3-2-4-11)15-18-13(19-21-15)10-5-7-12(16)8-6-10/h5-9,11H,2-4H2,1H3,(H,17,20)/t9-/m1/s1. The molecule has 1 heterocycles. The van der Waals surface area contributed by atoms with E-state index < -0.39 is 0 Å². The summed E-state index contributed by atoms with van der Waals surface area (Å²) in [6.07, 6.45) is 3.10. The van der Waals surface area contributed by atoms with Gasteiger partial charge in [0.05, 0.1) is 0 Å². The average molecular weight is 350 g/mol. The molecular weight excluding hydrogens is 334 g/mol. The van der Waals surface area contributed by atoms with Crippen molar-refractivity contribution < 1.29 is 9.32 Å². The van der Waals surface area contributed by atoms with Crippen LogP contribution in [0.1, 0.15) is 38.1 Å². The van der Waals surface area contributed by atoms with Crippen molar-refractivity contribution in [2.24, 2.45) is 5.92 Å². The summed E-state index contributed by atoms with van der Waals surface area (Å²) in [6, 6.07) is 7.40. The highest BCUT2D eigenvalue weighted by atomic mass is 79.9. The third-order valence-corrected chi connectivity index (χ3v) is 4.28. The molecule has 1 aromatic carbocycles. The maximum atomic E-state index is 11.9. The van der Waals surface area contributed by atoms with Crippen molar-refractivity contribution in [1.82, 2.24) is 15.5 Å². The molecule has 0 aliphatic heterocycles. The molecular formula is C15H16BrN3O2. The number of amides is 1. The fourth-order valence-corrected chi connectivity index (χ4v) is 2.46. The predicted molar refractivity (Wildman–Crippen MR) is 81.3 cm³/mol. The van der Waals surface area contributed by atoms with Crippen molar-refractivity contribution in [1.29, 1.82) is 0 Å². The molecule has 0 radical (unpaired) electrons. The third-order valence-electron chi connectivity index (χ3n) is 3.75. The van der Waals surface area contributed by atoms with Crippen LogP contribution in [-0.2, 0) is 4.79 Å². The van der Waals surface area contributed by atoms with Gasteiger partial charge in [-0.3, -0.25) is 4.79 Å². The van der Waals surface area contributed by atoms with Gasteiger partial charge in [0.15, 0.2) is 0 Å². The Balaban J connectivity index is 1.68. The number of nitrogens with one attached hydrogen (secondary N) is 1. The number of nitrogens with zero attached hydrogens (tertiary/aromatic N) is 2. The quantitative estimate of drug-likeness (QED) is 0.917. The van der Waals surface area contributed by atoms with E-state index in [1.807, 2.05) is 31.2 Å². The molecule has 2 aromatic rings. The molecule has 0 saturated heterocycles. The van der Waals surface area contributed by atoms with Gasteiger partial charge in [0, 0.05) is 16.0 Å². The normalized spacial score (nSPS) is 16.3. The van der Waals surface area contributed by atoms with Crippen molar-refractivity contribution in [3.05, 3.63) is 34.6 Å². The lowest BCUT2D eigenvalue weighted by molar-refractivity contribution is -0.128. The first-order valence-electron chi connectivity index (χ1n) is 7.03. The second-order valence-electron chi connectivity index (χ2n) is 5.32. The molecule has 1 aliphatic carbocycles.